The molecule has 0 fully saturated rings. The molecule has 1 N–H and O–H groups in total. The maximum Gasteiger partial charge on any atom is 0.233 e. The van der Waals surface area contributed by atoms with Crippen LogP contribution in [0.5, 0.6) is 0 Å². The Hall–Kier alpha value is -1.46. The zero-order valence-electron chi connectivity index (χ0n) is 12.6. The van der Waals surface area contributed by atoms with Crippen LogP contribution in [0.1, 0.15) is 32.9 Å². The summed E-state index contributed by atoms with van der Waals surface area (Å²) in [5, 5.41) is 9.06. The van der Waals surface area contributed by atoms with Crippen molar-refractivity contribution >= 4 is 5.78 Å². The maximum atomic E-state index is 9.06. The molecule has 2 aromatic rings. The van der Waals surface area contributed by atoms with Gasteiger partial charge in [-0.25, -0.2) is 9.97 Å². The van der Waals surface area contributed by atoms with Crippen LogP contribution in [0.25, 0.3) is 5.78 Å². The fourth-order valence-corrected chi connectivity index (χ4v) is 2.40. The highest BCUT2D eigenvalue weighted by atomic mass is 16.3. The van der Waals surface area contributed by atoms with Gasteiger partial charge in [-0.3, -0.25) is 9.30 Å². The van der Waals surface area contributed by atoms with Crippen LogP contribution in [-0.4, -0.2) is 44.1 Å². The first kappa shape index (κ1) is 14.9. The zero-order valence-corrected chi connectivity index (χ0v) is 12.6. The molecule has 0 unspecified atom stereocenters. The summed E-state index contributed by atoms with van der Waals surface area (Å²) in [4.78, 5) is 10.9. The van der Waals surface area contributed by atoms with Crippen LogP contribution in [0.15, 0.2) is 24.7 Å². The van der Waals surface area contributed by atoms with E-state index in [4.69, 9.17) is 5.11 Å². The molecule has 0 saturated carbocycles. The molecular weight excluding hydrogens is 252 g/mol. The average molecular weight is 276 g/mol. The Morgan fingerprint density at radius 1 is 1.30 bits per heavy atom. The zero-order chi connectivity index (χ0) is 14.6. The van der Waals surface area contributed by atoms with Crippen molar-refractivity contribution in [3.05, 3.63) is 30.4 Å². The van der Waals surface area contributed by atoms with Crippen molar-refractivity contribution in [3.63, 3.8) is 0 Å². The first-order valence-electron chi connectivity index (χ1n) is 7.10. The largest absolute Gasteiger partial charge is 0.396 e. The lowest BCUT2D eigenvalue weighted by atomic mass is 9.96. The van der Waals surface area contributed by atoms with E-state index in [2.05, 4.69) is 35.6 Å². The summed E-state index contributed by atoms with van der Waals surface area (Å²) >= 11 is 0. The van der Waals surface area contributed by atoms with Gasteiger partial charge < -0.3 is 5.11 Å². The molecule has 0 radical (unpaired) electrons. The summed E-state index contributed by atoms with van der Waals surface area (Å²) in [5.41, 5.74) is 1.36. The minimum atomic E-state index is 0.230. The third-order valence-electron chi connectivity index (χ3n) is 3.08. The second-order valence-corrected chi connectivity index (χ2v) is 6.39. The number of imidazole rings is 1. The molecular formula is C15H24N4O. The number of aromatic nitrogens is 3. The van der Waals surface area contributed by atoms with Crippen molar-refractivity contribution in [2.75, 3.05) is 19.7 Å². The van der Waals surface area contributed by atoms with Crippen molar-refractivity contribution in [1.82, 2.24) is 19.3 Å². The molecule has 2 heterocycles. The predicted molar refractivity (Wildman–Crippen MR) is 79.4 cm³/mol. The third kappa shape index (κ3) is 4.02. The normalized spacial score (nSPS) is 12.4. The quantitative estimate of drug-likeness (QED) is 0.876. The molecule has 20 heavy (non-hydrogen) atoms. The van der Waals surface area contributed by atoms with Gasteiger partial charge in [-0.15, -0.1) is 0 Å². The van der Waals surface area contributed by atoms with Gasteiger partial charge in [-0.05, 0) is 17.9 Å². The molecule has 0 amide bonds. The fourth-order valence-electron chi connectivity index (χ4n) is 2.40. The minimum absolute atomic E-state index is 0.230. The molecule has 5 nitrogen and oxygen atoms in total. The van der Waals surface area contributed by atoms with Gasteiger partial charge in [0.15, 0.2) is 0 Å². The molecule has 0 atom stereocenters. The van der Waals surface area contributed by atoms with E-state index < -0.39 is 0 Å². The highest BCUT2D eigenvalue weighted by molar-refractivity contribution is 5.30. The van der Waals surface area contributed by atoms with Crippen LogP contribution in [0.4, 0.5) is 0 Å². The van der Waals surface area contributed by atoms with Crippen LogP contribution < -0.4 is 0 Å². The molecule has 0 spiro atoms. The minimum Gasteiger partial charge on any atom is -0.396 e. The summed E-state index contributed by atoms with van der Waals surface area (Å²) < 4.78 is 2.02. The second-order valence-electron chi connectivity index (χ2n) is 6.39. The molecule has 5 heteroatoms. The summed E-state index contributed by atoms with van der Waals surface area (Å²) in [7, 11) is 0. The van der Waals surface area contributed by atoms with Gasteiger partial charge in [0.2, 0.25) is 5.78 Å². The lowest BCUT2D eigenvalue weighted by Gasteiger charge is -2.29. The van der Waals surface area contributed by atoms with Gasteiger partial charge in [0.25, 0.3) is 0 Å². The number of hydrogen-bond acceptors (Lipinski definition) is 4. The van der Waals surface area contributed by atoms with Crippen LogP contribution in [0, 0.1) is 5.41 Å². The van der Waals surface area contributed by atoms with E-state index in [1.807, 2.05) is 22.9 Å². The average Bonchev–Trinajstić information content (AvgIpc) is 2.78. The molecule has 2 aromatic heterocycles. The third-order valence-corrected chi connectivity index (χ3v) is 3.08. The number of aliphatic hydroxyl groups excluding tert-OH is 1. The number of hydrogen-bond donors (Lipinski definition) is 1. The number of nitrogens with zero attached hydrogens (tertiary/aromatic N) is 4. The second kappa shape index (κ2) is 6.33. The molecule has 0 aliphatic heterocycles. The Balaban J connectivity index is 2.13. The Kier molecular flexibility index (Phi) is 4.73. The molecule has 2 rings (SSSR count). The van der Waals surface area contributed by atoms with Crippen LogP contribution in [-0.2, 0) is 6.54 Å². The lowest BCUT2D eigenvalue weighted by Crippen LogP contribution is -2.33. The Labute approximate surface area is 120 Å². The van der Waals surface area contributed by atoms with E-state index in [-0.39, 0.29) is 12.0 Å². The van der Waals surface area contributed by atoms with Crippen LogP contribution in [0.2, 0.25) is 0 Å². The van der Waals surface area contributed by atoms with Crippen molar-refractivity contribution < 1.29 is 5.11 Å². The highest BCUT2D eigenvalue weighted by Gasteiger charge is 2.17. The van der Waals surface area contributed by atoms with E-state index in [1.54, 1.807) is 6.20 Å². The summed E-state index contributed by atoms with van der Waals surface area (Å²) in [6.07, 6.45) is 6.43. The first-order chi connectivity index (χ1) is 9.49. The van der Waals surface area contributed by atoms with Gasteiger partial charge in [0.1, 0.15) is 0 Å². The number of aliphatic hydroxyl groups is 1. The lowest BCUT2D eigenvalue weighted by molar-refractivity contribution is 0.164. The number of rotatable bonds is 6. The summed E-state index contributed by atoms with van der Waals surface area (Å²) in [6.45, 7) is 9.63. The van der Waals surface area contributed by atoms with Crippen LogP contribution in [0.3, 0.4) is 0 Å². The Bertz CT molecular complexity index is 544. The molecule has 110 valence electrons. The molecule has 0 saturated heterocycles. The maximum absolute atomic E-state index is 9.06. The van der Waals surface area contributed by atoms with Gasteiger partial charge in [0.05, 0.1) is 11.9 Å². The van der Waals surface area contributed by atoms with E-state index in [0.717, 1.165) is 37.5 Å². The van der Waals surface area contributed by atoms with Gasteiger partial charge in [-0.2, -0.15) is 0 Å². The van der Waals surface area contributed by atoms with Crippen molar-refractivity contribution in [2.45, 2.75) is 33.7 Å². The standard InChI is InChI=1S/C15H24N4O/c1-15(2,3)12-18(7-5-9-20)11-13-10-17-14-16-6-4-8-19(13)14/h4,6,8,10,20H,5,7,9,11-12H2,1-3H3. The monoisotopic (exact) mass is 276 g/mol. The predicted octanol–water partition coefficient (Wildman–Crippen LogP) is 1.96. The topological polar surface area (TPSA) is 53.7 Å². The number of fused-ring (bicyclic) bond motifs is 1. The van der Waals surface area contributed by atoms with Gasteiger partial charge in [-0.1, -0.05) is 20.8 Å². The molecule has 0 bridgehead atoms. The van der Waals surface area contributed by atoms with E-state index in [1.165, 1.54) is 0 Å². The van der Waals surface area contributed by atoms with Gasteiger partial charge >= 0.3 is 0 Å². The van der Waals surface area contributed by atoms with Crippen molar-refractivity contribution in [1.29, 1.82) is 0 Å². The molecule has 0 aliphatic rings. The molecule has 0 aliphatic carbocycles. The van der Waals surface area contributed by atoms with Crippen molar-refractivity contribution in [2.24, 2.45) is 5.41 Å². The van der Waals surface area contributed by atoms with E-state index >= 15 is 0 Å². The van der Waals surface area contributed by atoms with E-state index in [0.29, 0.717) is 0 Å². The Morgan fingerprint density at radius 3 is 2.80 bits per heavy atom. The SMILES string of the molecule is CC(C)(C)CN(CCCO)Cc1cnc2ncccn12. The van der Waals surface area contributed by atoms with Crippen molar-refractivity contribution in [3.8, 4) is 0 Å². The Morgan fingerprint density at radius 2 is 2.10 bits per heavy atom. The van der Waals surface area contributed by atoms with Gasteiger partial charge in [0, 0.05) is 38.6 Å². The summed E-state index contributed by atoms with van der Waals surface area (Å²) in [6, 6.07) is 1.92. The van der Waals surface area contributed by atoms with E-state index in [9.17, 15) is 0 Å². The van der Waals surface area contributed by atoms with Crippen LogP contribution >= 0.6 is 0 Å². The summed E-state index contributed by atoms with van der Waals surface area (Å²) in [5.74, 6) is 0.736. The smallest absolute Gasteiger partial charge is 0.233 e. The fraction of sp³-hybridized carbons (Fsp3) is 0.600. The molecule has 0 aromatic carbocycles. The first-order valence-corrected chi connectivity index (χ1v) is 7.10. The highest BCUT2D eigenvalue weighted by Crippen LogP contribution is 2.17.